The number of rotatable bonds is 5. The van der Waals surface area contributed by atoms with Crippen LogP contribution in [0.2, 0.25) is 0 Å². The minimum atomic E-state index is -0.408. The average molecular weight is 344 g/mol. The van der Waals surface area contributed by atoms with Gasteiger partial charge in [0.1, 0.15) is 11.6 Å². The van der Waals surface area contributed by atoms with Crippen molar-refractivity contribution in [3.8, 4) is 5.75 Å². The summed E-state index contributed by atoms with van der Waals surface area (Å²) in [7, 11) is 0. The van der Waals surface area contributed by atoms with Gasteiger partial charge in [-0.3, -0.25) is 5.10 Å². The van der Waals surface area contributed by atoms with Crippen LogP contribution < -0.4 is 15.4 Å². The van der Waals surface area contributed by atoms with Crippen molar-refractivity contribution in [1.29, 1.82) is 0 Å². The molecule has 3 N–H and O–H groups in total. The third kappa shape index (κ3) is 3.92. The molecule has 1 atom stereocenters. The van der Waals surface area contributed by atoms with E-state index in [1.807, 2.05) is 0 Å². The van der Waals surface area contributed by atoms with Crippen LogP contribution in [0.25, 0.3) is 0 Å². The predicted octanol–water partition coefficient (Wildman–Crippen LogP) is 3.02. The molecular weight excluding hydrogens is 323 g/mol. The zero-order chi connectivity index (χ0) is 17.2. The Morgan fingerprint density at radius 2 is 2.24 bits per heavy atom. The van der Waals surface area contributed by atoms with Crippen molar-refractivity contribution in [3.05, 3.63) is 41.5 Å². The summed E-state index contributed by atoms with van der Waals surface area (Å²) in [5, 5.41) is 12.7. The molecule has 2 aromatic rings. The van der Waals surface area contributed by atoms with Gasteiger partial charge in [0.15, 0.2) is 0 Å². The van der Waals surface area contributed by atoms with Gasteiger partial charge in [-0.1, -0.05) is 0 Å². The SMILES string of the molecule is O=C(Nc1cc(F)ccc1OCC1CC1)NC1CCc2[nH]ncc2C1. The Kier molecular flexibility index (Phi) is 4.29. The van der Waals surface area contributed by atoms with Gasteiger partial charge in [0.05, 0.1) is 18.5 Å². The van der Waals surface area contributed by atoms with Crippen molar-refractivity contribution >= 4 is 11.7 Å². The molecule has 6 nitrogen and oxygen atoms in total. The molecule has 0 bridgehead atoms. The quantitative estimate of drug-likeness (QED) is 0.780. The smallest absolute Gasteiger partial charge is 0.319 e. The fourth-order valence-electron chi connectivity index (χ4n) is 3.10. The number of hydrogen-bond donors (Lipinski definition) is 3. The predicted molar refractivity (Wildman–Crippen MR) is 91.2 cm³/mol. The molecule has 1 aromatic heterocycles. The number of carbonyl (C=O) groups is 1. The lowest BCUT2D eigenvalue weighted by Crippen LogP contribution is -2.41. The summed E-state index contributed by atoms with van der Waals surface area (Å²) in [6.07, 6.45) is 6.59. The van der Waals surface area contributed by atoms with Crippen LogP contribution in [-0.2, 0) is 12.8 Å². The molecule has 25 heavy (non-hydrogen) atoms. The topological polar surface area (TPSA) is 79.0 Å². The second-order valence-corrected chi connectivity index (χ2v) is 6.81. The molecule has 132 valence electrons. The summed E-state index contributed by atoms with van der Waals surface area (Å²) < 4.78 is 19.3. The summed E-state index contributed by atoms with van der Waals surface area (Å²) >= 11 is 0. The number of fused-ring (bicyclic) bond motifs is 1. The standard InChI is InChI=1S/C18H21FN4O2/c19-13-3-6-17(25-10-11-1-2-11)16(8-13)22-18(24)21-14-4-5-15-12(7-14)9-20-23-15/h3,6,8-9,11,14H,1-2,4-5,7,10H2,(H,20,23)(H2,21,22,24). The first-order valence-corrected chi connectivity index (χ1v) is 8.68. The Bertz CT molecular complexity index is 772. The van der Waals surface area contributed by atoms with E-state index in [1.54, 1.807) is 12.3 Å². The Labute approximate surface area is 145 Å². The molecule has 1 heterocycles. The molecule has 1 saturated carbocycles. The number of hydrogen-bond acceptors (Lipinski definition) is 3. The van der Waals surface area contributed by atoms with Gasteiger partial charge in [-0.2, -0.15) is 5.10 Å². The number of anilines is 1. The number of aromatic nitrogens is 2. The van der Waals surface area contributed by atoms with Gasteiger partial charge in [-0.05, 0) is 55.7 Å². The van der Waals surface area contributed by atoms with Crippen LogP contribution in [0.1, 0.15) is 30.5 Å². The average Bonchev–Trinajstić information content (AvgIpc) is 3.29. The molecule has 0 radical (unpaired) electrons. The van der Waals surface area contributed by atoms with E-state index in [0.29, 0.717) is 24.0 Å². The number of nitrogens with zero attached hydrogens (tertiary/aromatic N) is 1. The van der Waals surface area contributed by atoms with Gasteiger partial charge in [-0.15, -0.1) is 0 Å². The third-order valence-electron chi connectivity index (χ3n) is 4.71. The second-order valence-electron chi connectivity index (χ2n) is 6.81. The zero-order valence-corrected chi connectivity index (χ0v) is 13.8. The van der Waals surface area contributed by atoms with Crippen LogP contribution in [0.5, 0.6) is 5.75 Å². The lowest BCUT2D eigenvalue weighted by molar-refractivity contribution is 0.246. The number of amides is 2. The van der Waals surface area contributed by atoms with Crippen molar-refractivity contribution in [1.82, 2.24) is 15.5 Å². The van der Waals surface area contributed by atoms with Crippen LogP contribution in [0.4, 0.5) is 14.9 Å². The van der Waals surface area contributed by atoms with E-state index < -0.39 is 5.82 Å². The van der Waals surface area contributed by atoms with Crippen LogP contribution in [0, 0.1) is 11.7 Å². The second kappa shape index (κ2) is 6.74. The number of nitrogens with one attached hydrogen (secondary N) is 3. The highest BCUT2D eigenvalue weighted by Gasteiger charge is 2.24. The molecule has 2 aliphatic rings. The molecule has 7 heteroatoms. The number of aromatic amines is 1. The molecule has 1 aromatic carbocycles. The molecule has 0 saturated heterocycles. The Balaban J connectivity index is 1.37. The van der Waals surface area contributed by atoms with Gasteiger partial charge in [0.2, 0.25) is 0 Å². The van der Waals surface area contributed by atoms with E-state index in [1.165, 1.54) is 25.0 Å². The number of benzene rings is 1. The Morgan fingerprint density at radius 1 is 1.36 bits per heavy atom. The van der Waals surface area contributed by atoms with Gasteiger partial charge in [0, 0.05) is 17.8 Å². The molecule has 1 fully saturated rings. The van der Waals surface area contributed by atoms with Crippen LogP contribution in [0.3, 0.4) is 0 Å². The Hall–Kier alpha value is -2.57. The number of ether oxygens (including phenoxy) is 1. The number of urea groups is 1. The molecule has 0 spiro atoms. The zero-order valence-electron chi connectivity index (χ0n) is 13.8. The van der Waals surface area contributed by atoms with Crippen molar-refractivity contribution in [2.75, 3.05) is 11.9 Å². The molecule has 0 aliphatic heterocycles. The maximum absolute atomic E-state index is 13.6. The van der Waals surface area contributed by atoms with E-state index in [0.717, 1.165) is 30.5 Å². The third-order valence-corrected chi connectivity index (χ3v) is 4.71. The summed E-state index contributed by atoms with van der Waals surface area (Å²) in [4.78, 5) is 12.3. The highest BCUT2D eigenvalue weighted by atomic mass is 19.1. The van der Waals surface area contributed by atoms with E-state index in [2.05, 4.69) is 20.8 Å². The Morgan fingerprint density at radius 3 is 3.08 bits per heavy atom. The maximum atomic E-state index is 13.6. The highest BCUT2D eigenvalue weighted by Crippen LogP contribution is 2.32. The van der Waals surface area contributed by atoms with Gasteiger partial charge >= 0.3 is 6.03 Å². The molecule has 4 rings (SSSR count). The monoisotopic (exact) mass is 344 g/mol. The first-order chi connectivity index (χ1) is 12.2. The normalized spacial score (nSPS) is 19.2. The summed E-state index contributed by atoms with van der Waals surface area (Å²) in [5.74, 6) is 0.678. The number of H-pyrrole nitrogens is 1. The van der Waals surface area contributed by atoms with E-state index in [9.17, 15) is 9.18 Å². The maximum Gasteiger partial charge on any atom is 0.319 e. The van der Waals surface area contributed by atoms with Gasteiger partial charge in [0.25, 0.3) is 0 Å². The van der Waals surface area contributed by atoms with Crippen molar-refractivity contribution in [3.63, 3.8) is 0 Å². The van der Waals surface area contributed by atoms with Gasteiger partial charge in [-0.25, -0.2) is 9.18 Å². The molecular formula is C18H21FN4O2. The molecule has 2 amide bonds. The van der Waals surface area contributed by atoms with E-state index in [4.69, 9.17) is 4.74 Å². The summed E-state index contributed by atoms with van der Waals surface area (Å²) in [6, 6.07) is 3.88. The van der Waals surface area contributed by atoms with Crippen molar-refractivity contribution in [2.24, 2.45) is 5.92 Å². The van der Waals surface area contributed by atoms with Crippen molar-refractivity contribution < 1.29 is 13.9 Å². The highest BCUT2D eigenvalue weighted by molar-refractivity contribution is 5.91. The number of halogens is 1. The first kappa shape index (κ1) is 15.9. The van der Waals surface area contributed by atoms with Crippen LogP contribution >= 0.6 is 0 Å². The lowest BCUT2D eigenvalue weighted by Gasteiger charge is -2.23. The first-order valence-electron chi connectivity index (χ1n) is 8.68. The van der Waals surface area contributed by atoms with Crippen LogP contribution in [-0.4, -0.2) is 28.9 Å². The molecule has 1 unspecified atom stereocenters. The fraction of sp³-hybridized carbons (Fsp3) is 0.444. The summed E-state index contributed by atoms with van der Waals surface area (Å²) in [5.41, 5.74) is 2.63. The van der Waals surface area contributed by atoms with Crippen molar-refractivity contribution in [2.45, 2.75) is 38.1 Å². The fourth-order valence-corrected chi connectivity index (χ4v) is 3.10. The largest absolute Gasteiger partial charge is 0.491 e. The summed E-state index contributed by atoms with van der Waals surface area (Å²) in [6.45, 7) is 0.605. The minimum absolute atomic E-state index is 0.0366. The number of carbonyl (C=O) groups excluding carboxylic acids is 1. The van der Waals surface area contributed by atoms with Gasteiger partial charge < -0.3 is 15.4 Å². The number of aryl methyl sites for hydroxylation is 1. The van der Waals surface area contributed by atoms with E-state index >= 15 is 0 Å². The van der Waals surface area contributed by atoms with E-state index in [-0.39, 0.29) is 12.1 Å². The van der Waals surface area contributed by atoms with Crippen LogP contribution in [0.15, 0.2) is 24.4 Å². The molecule has 2 aliphatic carbocycles. The minimum Gasteiger partial charge on any atom is -0.491 e. The lowest BCUT2D eigenvalue weighted by atomic mass is 9.94.